The largest absolute Gasteiger partial charge is 0.369 e. The SMILES string of the molecule is CC(C)c1c(Cl)nc(N)n1C. The monoisotopic (exact) mass is 173 g/mol. The highest BCUT2D eigenvalue weighted by Gasteiger charge is 2.13. The zero-order valence-electron chi connectivity index (χ0n) is 6.93. The lowest BCUT2D eigenvalue weighted by atomic mass is 10.1. The molecule has 0 aromatic carbocycles. The van der Waals surface area contributed by atoms with Crippen molar-refractivity contribution >= 4 is 17.5 Å². The molecule has 1 aromatic rings. The molecule has 0 spiro atoms. The first-order valence-electron chi connectivity index (χ1n) is 3.51. The normalized spacial score (nSPS) is 11.0. The molecule has 0 atom stereocenters. The molecule has 0 aliphatic carbocycles. The Kier molecular flexibility index (Phi) is 2.09. The molecule has 3 nitrogen and oxygen atoms in total. The van der Waals surface area contributed by atoms with Crippen molar-refractivity contribution in [1.82, 2.24) is 9.55 Å². The number of anilines is 1. The van der Waals surface area contributed by atoms with E-state index in [0.717, 1.165) is 5.69 Å². The molecule has 0 unspecified atom stereocenters. The molecule has 0 aliphatic rings. The lowest BCUT2D eigenvalue weighted by molar-refractivity contribution is 0.747. The summed E-state index contributed by atoms with van der Waals surface area (Å²) in [7, 11) is 1.86. The van der Waals surface area contributed by atoms with Gasteiger partial charge in [0, 0.05) is 7.05 Å². The van der Waals surface area contributed by atoms with Crippen LogP contribution >= 0.6 is 11.6 Å². The van der Waals surface area contributed by atoms with Crippen LogP contribution in [0, 0.1) is 0 Å². The number of aromatic nitrogens is 2. The molecular weight excluding hydrogens is 162 g/mol. The van der Waals surface area contributed by atoms with Crippen LogP contribution in [-0.2, 0) is 7.05 Å². The Morgan fingerprint density at radius 3 is 2.27 bits per heavy atom. The van der Waals surface area contributed by atoms with Gasteiger partial charge in [-0.2, -0.15) is 0 Å². The van der Waals surface area contributed by atoms with Crippen molar-refractivity contribution in [3.05, 3.63) is 10.8 Å². The Balaban J connectivity index is 3.22. The minimum absolute atomic E-state index is 0.359. The number of nitrogens with two attached hydrogens (primary N) is 1. The van der Waals surface area contributed by atoms with Gasteiger partial charge in [0.05, 0.1) is 5.69 Å². The van der Waals surface area contributed by atoms with Crippen LogP contribution in [0.1, 0.15) is 25.5 Å². The third kappa shape index (κ3) is 1.33. The van der Waals surface area contributed by atoms with Gasteiger partial charge >= 0.3 is 0 Å². The Labute approximate surface area is 71.2 Å². The highest BCUT2D eigenvalue weighted by molar-refractivity contribution is 6.30. The summed E-state index contributed by atoms with van der Waals surface area (Å²) in [5.74, 6) is 0.830. The standard InChI is InChI=1S/C7H12ClN3/c1-4(2)5-6(8)10-7(9)11(5)3/h4H,1-3H3,(H2,9,10). The number of nitrogen functional groups attached to an aromatic ring is 1. The Bertz CT molecular complexity index is 265. The molecule has 0 saturated heterocycles. The first kappa shape index (κ1) is 8.40. The van der Waals surface area contributed by atoms with Crippen molar-refractivity contribution in [3.8, 4) is 0 Å². The smallest absolute Gasteiger partial charge is 0.201 e. The fourth-order valence-corrected chi connectivity index (χ4v) is 1.55. The summed E-state index contributed by atoms with van der Waals surface area (Å²) in [5.41, 5.74) is 6.54. The molecular formula is C7H12ClN3. The molecule has 1 heterocycles. The van der Waals surface area contributed by atoms with E-state index < -0.39 is 0 Å². The predicted molar refractivity (Wildman–Crippen MR) is 46.7 cm³/mol. The average Bonchev–Trinajstić information content (AvgIpc) is 2.07. The number of nitrogens with zero attached hydrogens (tertiary/aromatic N) is 2. The molecule has 2 N–H and O–H groups in total. The van der Waals surface area contributed by atoms with Crippen molar-refractivity contribution in [2.45, 2.75) is 19.8 Å². The van der Waals surface area contributed by atoms with E-state index in [4.69, 9.17) is 17.3 Å². The topological polar surface area (TPSA) is 43.8 Å². The van der Waals surface area contributed by atoms with Crippen molar-refractivity contribution in [3.63, 3.8) is 0 Å². The van der Waals surface area contributed by atoms with Crippen LogP contribution in [-0.4, -0.2) is 9.55 Å². The quantitative estimate of drug-likeness (QED) is 0.704. The molecule has 0 amide bonds. The van der Waals surface area contributed by atoms with E-state index in [1.165, 1.54) is 0 Å². The van der Waals surface area contributed by atoms with Gasteiger partial charge in [0.1, 0.15) is 0 Å². The molecule has 11 heavy (non-hydrogen) atoms. The second-order valence-electron chi connectivity index (χ2n) is 2.86. The molecule has 1 rings (SSSR count). The molecule has 4 heteroatoms. The Morgan fingerprint density at radius 2 is 2.09 bits per heavy atom. The molecule has 1 aromatic heterocycles. The van der Waals surface area contributed by atoms with Crippen molar-refractivity contribution in [1.29, 1.82) is 0 Å². The zero-order chi connectivity index (χ0) is 8.59. The molecule has 0 radical (unpaired) electrons. The molecule has 0 aliphatic heterocycles. The number of halogens is 1. The zero-order valence-corrected chi connectivity index (χ0v) is 7.68. The van der Waals surface area contributed by atoms with Gasteiger partial charge in [-0.05, 0) is 5.92 Å². The van der Waals surface area contributed by atoms with Crippen LogP contribution in [0.4, 0.5) is 5.95 Å². The number of rotatable bonds is 1. The Morgan fingerprint density at radius 1 is 1.55 bits per heavy atom. The average molecular weight is 174 g/mol. The highest BCUT2D eigenvalue weighted by Crippen LogP contribution is 2.24. The van der Waals surface area contributed by atoms with Gasteiger partial charge in [0.2, 0.25) is 5.95 Å². The summed E-state index contributed by atoms with van der Waals surface area (Å²) < 4.78 is 1.81. The van der Waals surface area contributed by atoms with E-state index >= 15 is 0 Å². The van der Waals surface area contributed by atoms with Crippen LogP contribution in [0.5, 0.6) is 0 Å². The second kappa shape index (κ2) is 2.74. The third-order valence-corrected chi connectivity index (χ3v) is 1.95. The van der Waals surface area contributed by atoms with Gasteiger partial charge in [-0.3, -0.25) is 0 Å². The van der Waals surface area contributed by atoms with Crippen molar-refractivity contribution in [2.75, 3.05) is 5.73 Å². The summed E-state index contributed by atoms with van der Waals surface area (Å²) in [6.45, 7) is 4.12. The predicted octanol–water partition coefficient (Wildman–Crippen LogP) is 1.78. The lowest BCUT2D eigenvalue weighted by Gasteiger charge is -2.06. The van der Waals surface area contributed by atoms with E-state index in [2.05, 4.69) is 18.8 Å². The summed E-state index contributed by atoms with van der Waals surface area (Å²) in [6.07, 6.45) is 0. The van der Waals surface area contributed by atoms with E-state index in [9.17, 15) is 0 Å². The maximum atomic E-state index is 5.83. The number of hydrogen-bond acceptors (Lipinski definition) is 2. The third-order valence-electron chi connectivity index (χ3n) is 1.68. The maximum Gasteiger partial charge on any atom is 0.201 e. The maximum absolute atomic E-state index is 5.83. The molecule has 0 bridgehead atoms. The fraction of sp³-hybridized carbons (Fsp3) is 0.571. The highest BCUT2D eigenvalue weighted by atomic mass is 35.5. The number of hydrogen-bond donors (Lipinski definition) is 1. The van der Waals surface area contributed by atoms with E-state index in [0.29, 0.717) is 17.0 Å². The van der Waals surface area contributed by atoms with Crippen LogP contribution < -0.4 is 5.73 Å². The summed E-state index contributed by atoms with van der Waals surface area (Å²) in [6, 6.07) is 0. The molecule has 0 fully saturated rings. The molecule has 0 saturated carbocycles. The number of imidazole rings is 1. The van der Waals surface area contributed by atoms with E-state index in [-0.39, 0.29) is 0 Å². The van der Waals surface area contributed by atoms with Gasteiger partial charge in [0.15, 0.2) is 5.15 Å². The van der Waals surface area contributed by atoms with Gasteiger partial charge in [-0.1, -0.05) is 25.4 Å². The molecule has 62 valence electrons. The van der Waals surface area contributed by atoms with Crippen molar-refractivity contribution in [2.24, 2.45) is 7.05 Å². The summed E-state index contributed by atoms with van der Waals surface area (Å²) in [5, 5.41) is 0.514. The van der Waals surface area contributed by atoms with Gasteiger partial charge in [-0.25, -0.2) is 4.98 Å². The van der Waals surface area contributed by atoms with Gasteiger partial charge in [-0.15, -0.1) is 0 Å². The van der Waals surface area contributed by atoms with E-state index in [1.54, 1.807) is 0 Å². The van der Waals surface area contributed by atoms with Crippen LogP contribution in [0.3, 0.4) is 0 Å². The van der Waals surface area contributed by atoms with Crippen LogP contribution in [0.25, 0.3) is 0 Å². The first-order chi connectivity index (χ1) is 5.04. The minimum atomic E-state index is 0.359. The Hall–Kier alpha value is -0.700. The second-order valence-corrected chi connectivity index (χ2v) is 3.22. The van der Waals surface area contributed by atoms with Crippen molar-refractivity contribution < 1.29 is 0 Å². The summed E-state index contributed by atoms with van der Waals surface area (Å²) in [4.78, 5) is 3.94. The minimum Gasteiger partial charge on any atom is -0.369 e. The van der Waals surface area contributed by atoms with Gasteiger partial charge < -0.3 is 10.3 Å². The lowest BCUT2D eigenvalue weighted by Crippen LogP contribution is -2.02. The van der Waals surface area contributed by atoms with Gasteiger partial charge in [0.25, 0.3) is 0 Å². The first-order valence-corrected chi connectivity index (χ1v) is 3.89. The van der Waals surface area contributed by atoms with Crippen LogP contribution in [0.2, 0.25) is 5.15 Å². The summed E-state index contributed by atoms with van der Waals surface area (Å²) >= 11 is 5.83. The fourth-order valence-electron chi connectivity index (χ4n) is 1.12. The van der Waals surface area contributed by atoms with Crippen LogP contribution in [0.15, 0.2) is 0 Å². The van der Waals surface area contributed by atoms with E-state index in [1.807, 2.05) is 11.6 Å².